The molecule has 83 heavy (non-hydrogen) atoms. The summed E-state index contributed by atoms with van der Waals surface area (Å²) in [6.45, 7) is 11.7. The van der Waals surface area contributed by atoms with Gasteiger partial charge in [0.05, 0.1) is 5.54 Å². The van der Waals surface area contributed by atoms with Gasteiger partial charge in [-0.15, -0.1) is 0 Å². The minimum Gasteiger partial charge on any atom is -0.481 e. The van der Waals surface area contributed by atoms with Crippen LogP contribution in [0.4, 0.5) is 4.79 Å². The van der Waals surface area contributed by atoms with Gasteiger partial charge in [-0.1, -0.05) is 86.8 Å². The molecule has 2 aromatic rings. The van der Waals surface area contributed by atoms with Crippen LogP contribution in [-0.2, 0) is 51.2 Å². The zero-order valence-corrected chi connectivity index (χ0v) is 48.3. The highest BCUT2D eigenvalue weighted by Gasteiger charge is 2.33. The first-order chi connectivity index (χ1) is 39.9. The monoisotopic (exact) mass is 1160 g/mol. The van der Waals surface area contributed by atoms with E-state index in [1.165, 1.54) is 0 Å². The molecule has 3 heterocycles. The van der Waals surface area contributed by atoms with Crippen molar-refractivity contribution in [1.82, 2.24) is 69.1 Å². The standard InChI is InChI=1S/C58H93N13O12/c1-57-36-59-28-31-62-39-58(40-63-32-29-60-37-57,41-64-33-30-61-38-57)71-50(74)23-15-22-49(73)67-47(35-43-18-9-6-10-19-43)53(78)68-46(34-42-16-7-5-8-17-42)52(77)66-27-13-4-2-3-11-21-48(72)65-26-14-12-20-44(54(79)80)69-56(83)70-45(55(81)82)24-25-51(75)76/h5-10,16-19,44-47,59-64H,2-4,11-15,20-41H2,1H3,(H,65,72)(H,66,77)(H,67,73)(H,68,78)(H,71,74)(H,75,76)(H,79,80)(H,81,82)(H2,69,70,83)/t44?,45?,46-,47?,57?,58?/m1/s1. The smallest absolute Gasteiger partial charge is 0.326 e. The molecule has 25 nitrogen and oxygen atoms in total. The molecule has 3 saturated heterocycles. The number of rotatable bonds is 33. The van der Waals surface area contributed by atoms with E-state index in [0.717, 1.165) is 89.3 Å². The van der Waals surface area contributed by atoms with Crippen molar-refractivity contribution in [1.29, 1.82) is 0 Å². The van der Waals surface area contributed by atoms with Crippen molar-refractivity contribution in [3.05, 3.63) is 71.8 Å². The molecular weight excluding hydrogens is 1070 g/mol. The van der Waals surface area contributed by atoms with Crippen molar-refractivity contribution in [3.8, 4) is 0 Å². The molecule has 3 aliphatic heterocycles. The number of carbonyl (C=O) groups is 9. The molecule has 3 fully saturated rings. The lowest BCUT2D eigenvalue weighted by Crippen LogP contribution is -2.66. The Bertz CT molecular complexity index is 2270. The lowest BCUT2D eigenvalue weighted by molar-refractivity contribution is -0.141. The van der Waals surface area contributed by atoms with Gasteiger partial charge in [-0.3, -0.25) is 28.8 Å². The van der Waals surface area contributed by atoms with E-state index in [1.807, 2.05) is 60.7 Å². The second-order valence-electron chi connectivity index (χ2n) is 22.1. The largest absolute Gasteiger partial charge is 0.481 e. The first kappa shape index (κ1) is 68.7. The van der Waals surface area contributed by atoms with Gasteiger partial charge in [-0.25, -0.2) is 14.4 Å². The molecule has 0 saturated carbocycles. The molecule has 0 aliphatic carbocycles. The first-order valence-electron chi connectivity index (χ1n) is 29.5. The Kier molecular flexibility index (Phi) is 32.2. The van der Waals surface area contributed by atoms with Crippen LogP contribution in [0.1, 0.15) is 108 Å². The molecule has 3 unspecified atom stereocenters. The fourth-order valence-electron chi connectivity index (χ4n) is 9.82. The van der Waals surface area contributed by atoms with Crippen LogP contribution in [0.2, 0.25) is 0 Å². The number of benzene rings is 2. The highest BCUT2D eigenvalue weighted by Crippen LogP contribution is 2.14. The molecule has 0 spiro atoms. The molecule has 2 aromatic carbocycles. The Morgan fingerprint density at radius 2 is 0.892 bits per heavy atom. The Morgan fingerprint density at radius 3 is 1.42 bits per heavy atom. The number of carbonyl (C=O) groups excluding carboxylic acids is 6. The van der Waals surface area contributed by atoms with Crippen LogP contribution < -0.4 is 69.1 Å². The first-order valence-corrected chi connectivity index (χ1v) is 29.5. The number of aliphatic carboxylic acids is 3. The molecule has 4 atom stereocenters. The normalized spacial score (nSPS) is 19.4. The Hall–Kier alpha value is -6.77. The number of nitrogens with one attached hydrogen (secondary N) is 13. The average Bonchev–Trinajstić information content (AvgIpc) is 3.58. The number of hydrogen-bond donors (Lipinski definition) is 16. The van der Waals surface area contributed by atoms with Crippen molar-refractivity contribution in [2.24, 2.45) is 5.41 Å². The Labute approximate surface area is 487 Å². The summed E-state index contributed by atoms with van der Waals surface area (Å²) >= 11 is 0. The van der Waals surface area contributed by atoms with Crippen molar-refractivity contribution in [2.45, 2.75) is 139 Å². The Balaban J connectivity index is 1.21. The zero-order chi connectivity index (χ0) is 60.1. The molecule has 5 rings (SSSR count). The van der Waals surface area contributed by atoms with Crippen LogP contribution in [0.25, 0.3) is 0 Å². The number of carboxylic acids is 3. The lowest BCUT2D eigenvalue weighted by atomic mass is 9.90. The SMILES string of the molecule is CC12CNCCNCC(NC(=O)CCCC(=O)NC(Cc3ccccc3)C(=O)N[C@H](Cc3ccccc3)C(=O)NCCCCCCCC(=O)NCCCCC(NC(=O)NC(CCC(=O)O)C(=O)O)C(=O)O)(CNCCNC1)CNCCNC2. The third-order valence-electron chi connectivity index (χ3n) is 14.5. The van der Waals surface area contributed by atoms with E-state index in [2.05, 4.69) is 76.0 Å². The number of carboxylic acid groups (broad SMARTS) is 3. The van der Waals surface area contributed by atoms with Gasteiger partial charge in [0.1, 0.15) is 24.2 Å². The predicted molar refractivity (Wildman–Crippen MR) is 313 cm³/mol. The van der Waals surface area contributed by atoms with Gasteiger partial charge in [-0.05, 0) is 56.1 Å². The molecule has 0 radical (unpaired) electrons. The summed E-state index contributed by atoms with van der Waals surface area (Å²) in [6.07, 6.45) is 4.57. The summed E-state index contributed by atoms with van der Waals surface area (Å²) in [7, 11) is 0. The lowest BCUT2D eigenvalue weighted by Gasteiger charge is -2.37. The topological polar surface area (TPSA) is 371 Å². The van der Waals surface area contributed by atoms with Gasteiger partial charge in [0.25, 0.3) is 0 Å². The van der Waals surface area contributed by atoms with E-state index in [9.17, 15) is 53.4 Å². The summed E-state index contributed by atoms with van der Waals surface area (Å²) in [5.41, 5.74) is 1.07. The average molecular weight is 1160 g/mol. The van der Waals surface area contributed by atoms with E-state index in [0.29, 0.717) is 51.9 Å². The van der Waals surface area contributed by atoms with Crippen LogP contribution >= 0.6 is 0 Å². The van der Waals surface area contributed by atoms with Gasteiger partial charge in [0.15, 0.2) is 0 Å². The highest BCUT2D eigenvalue weighted by atomic mass is 16.4. The number of urea groups is 1. The third kappa shape index (κ3) is 29.4. The molecule has 2 bridgehead atoms. The summed E-state index contributed by atoms with van der Waals surface area (Å²) in [5.74, 6) is -5.64. The predicted octanol–water partition coefficient (Wildman–Crippen LogP) is -0.149. The number of unbranched alkanes of at least 4 members (excludes halogenated alkanes) is 5. The number of hydrogen-bond acceptors (Lipinski definition) is 15. The fourth-order valence-corrected chi connectivity index (χ4v) is 9.82. The fraction of sp³-hybridized carbons (Fsp3) is 0.638. The molecule has 25 heteroatoms. The van der Waals surface area contributed by atoms with E-state index < -0.39 is 71.9 Å². The zero-order valence-electron chi connectivity index (χ0n) is 48.3. The maximum atomic E-state index is 14.2. The minimum atomic E-state index is -1.51. The van der Waals surface area contributed by atoms with Gasteiger partial charge in [0.2, 0.25) is 29.5 Å². The molecule has 7 amide bonds. The Morgan fingerprint density at radius 1 is 0.446 bits per heavy atom. The second kappa shape index (κ2) is 38.9. The maximum absolute atomic E-state index is 14.2. The van der Waals surface area contributed by atoms with Gasteiger partial charge < -0.3 is 84.4 Å². The van der Waals surface area contributed by atoms with Crippen LogP contribution in [0.5, 0.6) is 0 Å². The van der Waals surface area contributed by atoms with Crippen LogP contribution in [0.15, 0.2) is 60.7 Å². The van der Waals surface area contributed by atoms with Crippen molar-refractivity contribution >= 4 is 53.5 Å². The summed E-state index contributed by atoms with van der Waals surface area (Å²) in [4.78, 5) is 114. The van der Waals surface area contributed by atoms with Gasteiger partial charge >= 0.3 is 23.9 Å². The van der Waals surface area contributed by atoms with Crippen LogP contribution in [0, 0.1) is 5.41 Å². The van der Waals surface area contributed by atoms with Crippen molar-refractivity contribution in [3.63, 3.8) is 0 Å². The van der Waals surface area contributed by atoms with Crippen LogP contribution in [-0.4, -0.2) is 190 Å². The van der Waals surface area contributed by atoms with Crippen LogP contribution in [0.3, 0.4) is 0 Å². The van der Waals surface area contributed by atoms with Gasteiger partial charge in [0, 0.05) is 136 Å². The summed E-state index contributed by atoms with van der Waals surface area (Å²) in [5, 5.41) is 68.3. The number of amides is 7. The second-order valence-corrected chi connectivity index (χ2v) is 22.1. The third-order valence-corrected chi connectivity index (χ3v) is 14.5. The molecular formula is C58H93N13O12. The minimum absolute atomic E-state index is 0.00232. The van der Waals surface area contributed by atoms with E-state index in [1.54, 1.807) is 0 Å². The van der Waals surface area contributed by atoms with Crippen molar-refractivity contribution < 1.29 is 58.5 Å². The van der Waals surface area contributed by atoms with E-state index in [4.69, 9.17) is 5.11 Å². The molecule has 0 aromatic heterocycles. The van der Waals surface area contributed by atoms with E-state index in [-0.39, 0.29) is 81.0 Å². The molecule has 462 valence electrons. The van der Waals surface area contributed by atoms with Crippen molar-refractivity contribution in [2.75, 3.05) is 91.6 Å². The summed E-state index contributed by atoms with van der Waals surface area (Å²) < 4.78 is 0. The number of fused-ring (bicyclic) bond motifs is 15. The maximum Gasteiger partial charge on any atom is 0.326 e. The summed E-state index contributed by atoms with van der Waals surface area (Å²) in [6, 6.07) is 12.8. The van der Waals surface area contributed by atoms with E-state index >= 15 is 0 Å². The van der Waals surface area contributed by atoms with Gasteiger partial charge in [-0.2, -0.15) is 0 Å². The quantitative estimate of drug-likeness (QED) is 0.0413. The molecule has 16 N–H and O–H groups in total. The molecule has 3 aliphatic rings. The highest BCUT2D eigenvalue weighted by molar-refractivity contribution is 5.92.